The van der Waals surface area contributed by atoms with Crippen LogP contribution in [0, 0.1) is 5.21 Å². The van der Waals surface area contributed by atoms with E-state index in [1.807, 2.05) is 0 Å². The molecule has 0 fully saturated rings. The molecule has 0 aromatic carbocycles. The maximum absolute atomic E-state index is 12.1. The fourth-order valence-corrected chi connectivity index (χ4v) is 1.95. The van der Waals surface area contributed by atoms with Gasteiger partial charge in [-0.2, -0.15) is 14.9 Å². The van der Waals surface area contributed by atoms with Crippen molar-refractivity contribution in [1.82, 2.24) is 20.0 Å². The quantitative estimate of drug-likeness (QED) is 0.386. The average Bonchev–Trinajstić information content (AvgIpc) is 3.21. The molecule has 0 aliphatic heterocycles. The number of aromatic nitrogens is 5. The van der Waals surface area contributed by atoms with Crippen molar-refractivity contribution in [2.75, 3.05) is 6.61 Å². The summed E-state index contributed by atoms with van der Waals surface area (Å²) in [5.74, 6) is -0.305. The van der Waals surface area contributed by atoms with Gasteiger partial charge in [0.2, 0.25) is 17.8 Å². The van der Waals surface area contributed by atoms with Gasteiger partial charge in [-0.15, -0.1) is 4.80 Å². The minimum Gasteiger partial charge on any atom is -0.618 e. The van der Waals surface area contributed by atoms with E-state index >= 15 is 0 Å². The van der Waals surface area contributed by atoms with Crippen LogP contribution < -0.4 is 4.73 Å². The Hall–Kier alpha value is -3.23. The molecule has 0 saturated heterocycles. The first-order chi connectivity index (χ1) is 11.2. The fourth-order valence-electron chi connectivity index (χ4n) is 1.95. The third kappa shape index (κ3) is 3.18. The molecule has 3 aromatic heterocycles. The third-order valence-electron chi connectivity index (χ3n) is 3.00. The van der Waals surface area contributed by atoms with Crippen LogP contribution in [0.1, 0.15) is 29.0 Å². The summed E-state index contributed by atoms with van der Waals surface area (Å²) in [6.07, 6.45) is 5.75. The number of pyridine rings is 1. The van der Waals surface area contributed by atoms with Crippen LogP contribution in [0.25, 0.3) is 5.69 Å². The number of carbonyl (C=O) groups excluding carboxylic acids is 1. The molecule has 0 saturated carbocycles. The van der Waals surface area contributed by atoms with E-state index in [0.717, 1.165) is 0 Å². The lowest BCUT2D eigenvalue weighted by molar-refractivity contribution is -0.613. The molecule has 0 bridgehead atoms. The maximum Gasteiger partial charge on any atom is 0.360 e. The molecule has 0 aliphatic rings. The van der Waals surface area contributed by atoms with Gasteiger partial charge >= 0.3 is 5.97 Å². The Morgan fingerprint density at radius 2 is 2.17 bits per heavy atom. The van der Waals surface area contributed by atoms with Gasteiger partial charge in [-0.1, -0.05) is 0 Å². The molecule has 0 atom stereocenters. The van der Waals surface area contributed by atoms with Crippen molar-refractivity contribution in [3.05, 3.63) is 59.5 Å². The zero-order valence-electron chi connectivity index (χ0n) is 12.2. The van der Waals surface area contributed by atoms with Gasteiger partial charge < -0.3 is 14.4 Å². The lowest BCUT2D eigenvalue weighted by Crippen LogP contribution is -2.32. The molecule has 118 valence electrons. The Kier molecular flexibility index (Phi) is 4.00. The highest BCUT2D eigenvalue weighted by molar-refractivity contribution is 5.86. The lowest BCUT2D eigenvalue weighted by atomic mass is 10.2. The molecule has 3 rings (SSSR count). The number of hydrogen-bond donors (Lipinski definition) is 0. The number of ether oxygens (including phenoxy) is 1. The largest absolute Gasteiger partial charge is 0.618 e. The number of hydrogen-bond acceptors (Lipinski definition) is 7. The number of oxazole rings is 1. The van der Waals surface area contributed by atoms with Crippen molar-refractivity contribution in [2.24, 2.45) is 0 Å². The summed E-state index contributed by atoms with van der Waals surface area (Å²) in [5, 5.41) is 20.0. The first-order valence-electron chi connectivity index (χ1n) is 6.87. The summed E-state index contributed by atoms with van der Waals surface area (Å²) in [6.45, 7) is 1.96. The number of nitrogens with zero attached hydrogens (tertiary/aromatic N) is 5. The molecule has 0 radical (unpaired) electrons. The van der Waals surface area contributed by atoms with Gasteiger partial charge in [-0.3, -0.25) is 0 Å². The second kappa shape index (κ2) is 6.26. The summed E-state index contributed by atoms with van der Waals surface area (Å²) in [6, 6.07) is 3.33. The summed E-state index contributed by atoms with van der Waals surface area (Å²) >= 11 is 0. The predicted molar refractivity (Wildman–Crippen MR) is 75.6 cm³/mol. The van der Waals surface area contributed by atoms with E-state index in [1.54, 1.807) is 19.1 Å². The van der Waals surface area contributed by atoms with Crippen LogP contribution >= 0.6 is 0 Å². The molecule has 3 heterocycles. The molecule has 3 aromatic rings. The molecule has 0 unspecified atom stereocenters. The fraction of sp³-hybridized carbons (Fsp3) is 0.214. The second-order valence-corrected chi connectivity index (χ2v) is 4.55. The Balaban J connectivity index is 1.77. The van der Waals surface area contributed by atoms with Crippen LogP contribution in [0.2, 0.25) is 0 Å². The van der Waals surface area contributed by atoms with E-state index in [-0.39, 0.29) is 24.6 Å². The van der Waals surface area contributed by atoms with Crippen molar-refractivity contribution in [1.29, 1.82) is 0 Å². The Bertz CT molecular complexity index is 812. The maximum atomic E-state index is 12.1. The highest BCUT2D eigenvalue weighted by atomic mass is 16.5. The highest BCUT2D eigenvalue weighted by Crippen LogP contribution is 2.09. The highest BCUT2D eigenvalue weighted by Gasteiger charge is 2.17. The summed E-state index contributed by atoms with van der Waals surface area (Å²) in [4.78, 5) is 16.9. The molecular weight excluding hydrogens is 302 g/mol. The number of esters is 1. The van der Waals surface area contributed by atoms with Crippen LogP contribution in [0.4, 0.5) is 0 Å². The Morgan fingerprint density at radius 1 is 1.39 bits per heavy atom. The van der Waals surface area contributed by atoms with Gasteiger partial charge in [-0.05, 0) is 13.0 Å². The topological polar surface area (TPSA) is 110 Å². The molecule has 0 amide bonds. The first kappa shape index (κ1) is 14.7. The molecule has 0 aliphatic carbocycles. The van der Waals surface area contributed by atoms with Crippen molar-refractivity contribution in [3.63, 3.8) is 0 Å². The van der Waals surface area contributed by atoms with Crippen LogP contribution in [0.15, 0.2) is 41.4 Å². The zero-order valence-corrected chi connectivity index (χ0v) is 12.2. The van der Waals surface area contributed by atoms with Crippen molar-refractivity contribution >= 4 is 5.97 Å². The second-order valence-electron chi connectivity index (χ2n) is 4.55. The lowest BCUT2D eigenvalue weighted by Gasteiger charge is -2.04. The predicted octanol–water partition coefficient (Wildman–Crippen LogP) is 0.656. The van der Waals surface area contributed by atoms with Gasteiger partial charge in [0.1, 0.15) is 12.7 Å². The van der Waals surface area contributed by atoms with Crippen molar-refractivity contribution in [3.8, 4) is 5.69 Å². The number of carbonyl (C=O) groups is 1. The van der Waals surface area contributed by atoms with E-state index < -0.39 is 5.97 Å². The number of rotatable bonds is 5. The Morgan fingerprint density at radius 3 is 2.87 bits per heavy atom. The summed E-state index contributed by atoms with van der Waals surface area (Å²) in [5.41, 5.74) is 1.03. The molecule has 0 spiro atoms. The van der Waals surface area contributed by atoms with Crippen LogP contribution in [-0.2, 0) is 11.2 Å². The first-order valence-corrected chi connectivity index (χ1v) is 6.87. The van der Waals surface area contributed by atoms with Crippen LogP contribution in [0.3, 0.4) is 0 Å². The SMILES string of the molecule is CCOC(=O)c1coc(Cc2ccc(-n3nccn3)c[n+]2[O-])n1. The third-order valence-corrected chi connectivity index (χ3v) is 3.00. The van der Waals surface area contributed by atoms with Gasteiger partial charge in [0.25, 0.3) is 0 Å². The van der Waals surface area contributed by atoms with Crippen LogP contribution in [0.5, 0.6) is 0 Å². The summed E-state index contributed by atoms with van der Waals surface area (Å²) < 4.78 is 10.7. The van der Waals surface area contributed by atoms with Gasteiger partial charge in [-0.25, -0.2) is 9.78 Å². The van der Waals surface area contributed by atoms with Crippen LogP contribution in [-0.4, -0.2) is 32.6 Å². The Labute approximate surface area is 130 Å². The van der Waals surface area contributed by atoms with Gasteiger partial charge in [0.15, 0.2) is 11.4 Å². The normalized spacial score (nSPS) is 10.7. The van der Waals surface area contributed by atoms with Crippen molar-refractivity contribution in [2.45, 2.75) is 13.3 Å². The van der Waals surface area contributed by atoms with E-state index in [9.17, 15) is 10.0 Å². The molecule has 9 nitrogen and oxygen atoms in total. The molecule has 0 N–H and O–H groups in total. The monoisotopic (exact) mass is 315 g/mol. The van der Waals surface area contributed by atoms with E-state index in [0.29, 0.717) is 16.1 Å². The van der Waals surface area contributed by atoms with E-state index in [1.165, 1.54) is 29.7 Å². The van der Waals surface area contributed by atoms with E-state index in [4.69, 9.17) is 9.15 Å². The summed E-state index contributed by atoms with van der Waals surface area (Å²) in [7, 11) is 0. The smallest absolute Gasteiger partial charge is 0.360 e. The van der Waals surface area contributed by atoms with Gasteiger partial charge in [0.05, 0.1) is 19.0 Å². The molecule has 23 heavy (non-hydrogen) atoms. The minimum absolute atomic E-state index is 0.0802. The van der Waals surface area contributed by atoms with Gasteiger partial charge in [0, 0.05) is 6.07 Å². The minimum atomic E-state index is -0.558. The van der Waals surface area contributed by atoms with E-state index in [2.05, 4.69) is 15.2 Å². The zero-order chi connectivity index (χ0) is 16.2. The average molecular weight is 315 g/mol. The van der Waals surface area contributed by atoms with Crippen molar-refractivity contribution < 1.29 is 18.7 Å². The molecular formula is C14H13N5O4. The standard InChI is InChI=1S/C14H13N5O4/c1-2-22-14(20)12-9-23-13(17-12)7-10-3-4-11(8-18(10)21)19-15-5-6-16-19/h3-6,8-9H,2,7H2,1H3. The molecule has 9 heteroatoms.